The fourth-order valence-corrected chi connectivity index (χ4v) is 2.97. The molecule has 0 aliphatic carbocycles. The maximum Gasteiger partial charge on any atom is 0.323 e. The Bertz CT molecular complexity index is 971. The Morgan fingerprint density at radius 3 is 1.75 bits per heavy atom. The van der Waals surface area contributed by atoms with Crippen molar-refractivity contribution in [3.05, 3.63) is 73.3 Å². The fraction of sp³-hybridized carbons (Fsp3) is 0. The van der Waals surface area contributed by atoms with Crippen molar-refractivity contribution in [1.82, 2.24) is 9.97 Å². The van der Waals surface area contributed by atoms with Gasteiger partial charge in [0.25, 0.3) is 0 Å². The summed E-state index contributed by atoms with van der Waals surface area (Å²) in [5.41, 5.74) is 7.20. The molecule has 0 atom stereocenters. The van der Waals surface area contributed by atoms with E-state index in [1.54, 1.807) is 24.8 Å². The van der Waals surface area contributed by atoms with Gasteiger partial charge in [0.15, 0.2) is 0 Å². The Labute approximate surface area is 138 Å². The number of hydrogen-bond donors (Lipinski definition) is 1. The highest BCUT2D eigenvalue weighted by molar-refractivity contribution is 6.11. The molecule has 116 valence electrons. The van der Waals surface area contributed by atoms with Crippen molar-refractivity contribution in [3.63, 3.8) is 0 Å². The second kappa shape index (κ2) is 5.62. The molecule has 0 spiro atoms. The van der Waals surface area contributed by atoms with E-state index in [-0.39, 0.29) is 0 Å². The van der Waals surface area contributed by atoms with Gasteiger partial charge in [-0.3, -0.25) is 14.9 Å². The van der Waals surface area contributed by atoms with Crippen LogP contribution in [-0.2, 0) is 0 Å². The number of urea groups is 1. The van der Waals surface area contributed by atoms with Crippen molar-refractivity contribution >= 4 is 39.0 Å². The van der Waals surface area contributed by atoms with E-state index in [0.717, 1.165) is 32.9 Å². The standard InChI is InChI=1S/C19H14N4O/c20-19(24)23(17-5-1-3-13-11-21-9-7-15(13)17)18-6-2-4-14-12-22-10-8-16(14)18/h1-12H,(H2,20,24). The van der Waals surface area contributed by atoms with Crippen molar-refractivity contribution in [2.45, 2.75) is 0 Å². The molecular weight excluding hydrogens is 300 g/mol. The molecule has 5 heteroatoms. The average Bonchev–Trinajstić information content (AvgIpc) is 2.62. The van der Waals surface area contributed by atoms with Crippen molar-refractivity contribution in [1.29, 1.82) is 0 Å². The van der Waals surface area contributed by atoms with E-state index >= 15 is 0 Å². The number of benzene rings is 2. The van der Waals surface area contributed by atoms with Gasteiger partial charge in [-0.05, 0) is 24.3 Å². The second-order valence-electron chi connectivity index (χ2n) is 5.42. The first-order valence-electron chi connectivity index (χ1n) is 7.51. The topological polar surface area (TPSA) is 72.1 Å². The van der Waals surface area contributed by atoms with Gasteiger partial charge in [-0.1, -0.05) is 24.3 Å². The minimum Gasteiger partial charge on any atom is -0.351 e. The molecule has 2 amide bonds. The predicted octanol–water partition coefficient (Wildman–Crippen LogP) is 4.00. The molecule has 0 saturated carbocycles. The molecule has 0 aliphatic heterocycles. The molecule has 5 nitrogen and oxygen atoms in total. The predicted molar refractivity (Wildman–Crippen MR) is 95.2 cm³/mol. The molecular formula is C19H14N4O. The summed E-state index contributed by atoms with van der Waals surface area (Å²) in [6.45, 7) is 0. The third-order valence-corrected chi connectivity index (χ3v) is 4.02. The molecule has 0 bridgehead atoms. The number of nitrogens with two attached hydrogens (primary N) is 1. The van der Waals surface area contributed by atoms with Gasteiger partial charge in [0.1, 0.15) is 0 Å². The van der Waals surface area contributed by atoms with E-state index in [1.165, 1.54) is 4.90 Å². The van der Waals surface area contributed by atoms with Crippen LogP contribution in [-0.4, -0.2) is 16.0 Å². The van der Waals surface area contributed by atoms with Crippen LogP contribution in [0.15, 0.2) is 73.3 Å². The molecule has 4 rings (SSSR count). The molecule has 0 unspecified atom stereocenters. The minimum atomic E-state index is -0.538. The number of anilines is 2. The van der Waals surface area contributed by atoms with Crippen LogP contribution in [0.25, 0.3) is 21.5 Å². The molecule has 2 heterocycles. The zero-order chi connectivity index (χ0) is 16.5. The molecule has 2 N–H and O–H groups in total. The van der Waals surface area contributed by atoms with E-state index in [9.17, 15) is 4.79 Å². The normalized spacial score (nSPS) is 10.8. The highest BCUT2D eigenvalue weighted by Crippen LogP contribution is 2.35. The Morgan fingerprint density at radius 2 is 1.29 bits per heavy atom. The van der Waals surface area contributed by atoms with E-state index in [4.69, 9.17) is 5.73 Å². The van der Waals surface area contributed by atoms with Crippen LogP contribution in [0.5, 0.6) is 0 Å². The third kappa shape index (κ3) is 2.23. The van der Waals surface area contributed by atoms with Crippen molar-refractivity contribution in [3.8, 4) is 0 Å². The number of primary amides is 1. The Kier molecular flexibility index (Phi) is 3.31. The van der Waals surface area contributed by atoms with Gasteiger partial charge in [-0.15, -0.1) is 0 Å². The van der Waals surface area contributed by atoms with Crippen LogP contribution in [0, 0.1) is 0 Å². The lowest BCUT2D eigenvalue weighted by Crippen LogP contribution is -2.31. The van der Waals surface area contributed by atoms with Crippen molar-refractivity contribution < 1.29 is 4.79 Å². The lowest BCUT2D eigenvalue weighted by Gasteiger charge is -2.23. The third-order valence-electron chi connectivity index (χ3n) is 4.02. The number of amides is 2. The van der Waals surface area contributed by atoms with Crippen molar-refractivity contribution in [2.75, 3.05) is 4.90 Å². The highest BCUT2D eigenvalue weighted by atomic mass is 16.2. The summed E-state index contributed by atoms with van der Waals surface area (Å²) in [7, 11) is 0. The van der Waals surface area contributed by atoms with Gasteiger partial charge in [0.05, 0.1) is 11.4 Å². The average molecular weight is 314 g/mol. The quantitative estimate of drug-likeness (QED) is 0.608. The SMILES string of the molecule is NC(=O)N(c1cccc2cnccc12)c1cccc2cnccc12. The molecule has 0 radical (unpaired) electrons. The van der Waals surface area contributed by atoms with E-state index in [2.05, 4.69) is 9.97 Å². The molecule has 2 aromatic heterocycles. The van der Waals surface area contributed by atoms with Crippen molar-refractivity contribution in [2.24, 2.45) is 5.73 Å². The molecule has 2 aromatic carbocycles. The summed E-state index contributed by atoms with van der Waals surface area (Å²) in [5.74, 6) is 0. The Morgan fingerprint density at radius 1 is 0.792 bits per heavy atom. The van der Waals surface area contributed by atoms with Gasteiger partial charge in [-0.2, -0.15) is 0 Å². The Hall–Kier alpha value is -3.47. The summed E-state index contributed by atoms with van der Waals surface area (Å²) < 4.78 is 0. The first-order chi connectivity index (χ1) is 11.8. The molecule has 0 saturated heterocycles. The smallest absolute Gasteiger partial charge is 0.323 e. The first-order valence-corrected chi connectivity index (χ1v) is 7.51. The van der Waals surface area contributed by atoms with Gasteiger partial charge in [0.2, 0.25) is 0 Å². The number of carbonyl (C=O) groups is 1. The number of pyridine rings is 2. The largest absolute Gasteiger partial charge is 0.351 e. The van der Waals surface area contributed by atoms with Gasteiger partial charge in [-0.25, -0.2) is 4.79 Å². The minimum absolute atomic E-state index is 0.538. The van der Waals surface area contributed by atoms with Crippen LogP contribution in [0.3, 0.4) is 0 Å². The summed E-state index contributed by atoms with van der Waals surface area (Å²) in [6, 6.07) is 14.7. The number of carbonyl (C=O) groups excluding carboxylic acids is 1. The zero-order valence-electron chi connectivity index (χ0n) is 12.8. The van der Waals surface area contributed by atoms with E-state index in [1.807, 2.05) is 48.5 Å². The zero-order valence-corrected chi connectivity index (χ0v) is 12.8. The lowest BCUT2D eigenvalue weighted by atomic mass is 10.1. The van der Waals surface area contributed by atoms with Crippen LogP contribution < -0.4 is 10.6 Å². The lowest BCUT2D eigenvalue weighted by molar-refractivity contribution is 0.256. The first kappa shape index (κ1) is 14.1. The van der Waals surface area contributed by atoms with Gasteiger partial charge in [0, 0.05) is 46.3 Å². The maximum absolute atomic E-state index is 12.3. The molecule has 0 fully saturated rings. The Balaban J connectivity index is 2.02. The number of nitrogens with zero attached hydrogens (tertiary/aromatic N) is 3. The van der Waals surface area contributed by atoms with Gasteiger partial charge < -0.3 is 5.73 Å². The maximum atomic E-state index is 12.3. The molecule has 4 aromatic rings. The number of fused-ring (bicyclic) bond motifs is 2. The van der Waals surface area contributed by atoms with Crippen LogP contribution >= 0.6 is 0 Å². The number of hydrogen-bond acceptors (Lipinski definition) is 3. The highest BCUT2D eigenvalue weighted by Gasteiger charge is 2.19. The fourth-order valence-electron chi connectivity index (χ4n) is 2.97. The van der Waals surface area contributed by atoms with Gasteiger partial charge >= 0.3 is 6.03 Å². The monoisotopic (exact) mass is 314 g/mol. The molecule has 0 aliphatic rings. The number of aromatic nitrogens is 2. The summed E-state index contributed by atoms with van der Waals surface area (Å²) in [4.78, 5) is 22.1. The van der Waals surface area contributed by atoms with Crippen LogP contribution in [0.4, 0.5) is 16.2 Å². The molecule has 24 heavy (non-hydrogen) atoms. The van der Waals surface area contributed by atoms with Crippen LogP contribution in [0.2, 0.25) is 0 Å². The van der Waals surface area contributed by atoms with E-state index < -0.39 is 6.03 Å². The summed E-state index contributed by atoms with van der Waals surface area (Å²) >= 11 is 0. The van der Waals surface area contributed by atoms with Crippen LogP contribution in [0.1, 0.15) is 0 Å². The van der Waals surface area contributed by atoms with E-state index in [0.29, 0.717) is 0 Å². The summed E-state index contributed by atoms with van der Waals surface area (Å²) in [6.07, 6.45) is 6.95. The second-order valence-corrected chi connectivity index (χ2v) is 5.42. The number of rotatable bonds is 2. The summed E-state index contributed by atoms with van der Waals surface area (Å²) in [5, 5.41) is 3.72.